The molecule has 0 fully saturated rings. The third-order valence-electron chi connectivity index (χ3n) is 7.58. The van der Waals surface area contributed by atoms with Gasteiger partial charge in [-0.25, -0.2) is 4.79 Å². The highest BCUT2D eigenvalue weighted by molar-refractivity contribution is 5.95. The number of ether oxygens (including phenoxy) is 1. The molecule has 2 rings (SSSR count). The molecule has 1 heterocycles. The average Bonchev–Trinajstić information content (AvgIpc) is 2.96. The molecule has 226 valence electrons. The van der Waals surface area contributed by atoms with Crippen molar-refractivity contribution >= 4 is 23.3 Å². The molecule has 0 saturated heterocycles. The maximum atomic E-state index is 13.9. The standard InChI is InChI=1S/C32H48N4O5/c1-7-12-15-23(9-3)20-36(21-24(10-4)16-13-8-2)31(39)25-17-14-18-26(19-25)34-35-28-22(6)27(32(40)41-11-5)29(37)33-30(28)38/h14,17-19,23-24H,7-13,15-16,20-21H2,1-6H3,(H2,33,37,38)/b35-34+. The third kappa shape index (κ3) is 9.83. The highest BCUT2D eigenvalue weighted by Crippen LogP contribution is 2.31. The number of hydrogen-bond donors (Lipinski definition) is 2. The SMILES string of the molecule is CCCCC(CC)CN(CC(CC)CCCC)C(=O)c1cccc(/N=N/c2c(O)[nH]c(=O)c(C(=O)OCC)c2C)c1. The van der Waals surface area contributed by atoms with E-state index in [4.69, 9.17) is 4.74 Å². The number of unbranched alkanes of at least 4 members (excludes halogenated alkanes) is 2. The van der Waals surface area contributed by atoms with Gasteiger partial charge in [-0.15, -0.1) is 5.11 Å². The summed E-state index contributed by atoms with van der Waals surface area (Å²) in [5.74, 6) is -0.433. The molecule has 9 nitrogen and oxygen atoms in total. The lowest BCUT2D eigenvalue weighted by molar-refractivity contribution is 0.0523. The van der Waals surface area contributed by atoms with E-state index in [2.05, 4.69) is 42.9 Å². The van der Waals surface area contributed by atoms with Gasteiger partial charge in [-0.3, -0.25) is 14.6 Å². The first kappa shape index (κ1) is 33.7. The molecule has 2 unspecified atom stereocenters. The van der Waals surface area contributed by atoms with Crippen LogP contribution in [-0.4, -0.2) is 46.6 Å². The lowest BCUT2D eigenvalue weighted by atomic mass is 9.95. The summed E-state index contributed by atoms with van der Waals surface area (Å²) >= 11 is 0. The quantitative estimate of drug-likeness (QED) is 0.148. The van der Waals surface area contributed by atoms with Crippen molar-refractivity contribution in [2.24, 2.45) is 22.1 Å². The number of benzene rings is 1. The second-order valence-electron chi connectivity index (χ2n) is 10.7. The Labute approximate surface area is 244 Å². The van der Waals surface area contributed by atoms with Crippen LogP contribution in [0.4, 0.5) is 11.4 Å². The van der Waals surface area contributed by atoms with Gasteiger partial charge >= 0.3 is 5.97 Å². The topological polar surface area (TPSA) is 124 Å². The number of azo groups is 1. The summed E-state index contributed by atoms with van der Waals surface area (Å²) in [5, 5.41) is 18.7. The fourth-order valence-electron chi connectivity index (χ4n) is 4.96. The zero-order valence-electron chi connectivity index (χ0n) is 25.7. The smallest absolute Gasteiger partial charge is 0.344 e. The highest BCUT2D eigenvalue weighted by Gasteiger charge is 2.24. The predicted molar refractivity (Wildman–Crippen MR) is 163 cm³/mol. The number of aromatic amines is 1. The largest absolute Gasteiger partial charge is 0.493 e. The first-order valence-corrected chi connectivity index (χ1v) is 15.1. The molecule has 1 amide bonds. The van der Waals surface area contributed by atoms with Gasteiger partial charge in [-0.1, -0.05) is 72.3 Å². The minimum absolute atomic E-state index is 0.0281. The Morgan fingerprint density at radius 3 is 2.12 bits per heavy atom. The second-order valence-corrected chi connectivity index (χ2v) is 10.7. The van der Waals surface area contributed by atoms with Crippen molar-refractivity contribution in [2.75, 3.05) is 19.7 Å². The molecule has 0 bridgehead atoms. The van der Waals surface area contributed by atoms with Crippen molar-refractivity contribution in [3.8, 4) is 5.88 Å². The maximum Gasteiger partial charge on any atom is 0.344 e. The van der Waals surface area contributed by atoms with Crippen molar-refractivity contribution < 1.29 is 19.4 Å². The molecule has 9 heteroatoms. The van der Waals surface area contributed by atoms with Crippen molar-refractivity contribution in [1.82, 2.24) is 9.88 Å². The number of carbonyl (C=O) groups excluding carboxylic acids is 2. The van der Waals surface area contributed by atoms with E-state index < -0.39 is 17.4 Å². The molecule has 0 aliphatic heterocycles. The number of esters is 1. The molecular weight excluding hydrogens is 520 g/mol. The Balaban J connectivity index is 2.38. The van der Waals surface area contributed by atoms with Crippen molar-refractivity contribution in [1.29, 1.82) is 0 Å². The number of nitrogens with one attached hydrogen (secondary N) is 1. The Morgan fingerprint density at radius 2 is 1.59 bits per heavy atom. The summed E-state index contributed by atoms with van der Waals surface area (Å²) in [6.07, 6.45) is 8.84. The summed E-state index contributed by atoms with van der Waals surface area (Å²) in [4.78, 5) is 42.7. The second kappa shape index (κ2) is 17.4. The lowest BCUT2D eigenvalue weighted by Crippen LogP contribution is -2.39. The lowest BCUT2D eigenvalue weighted by Gasteiger charge is -2.31. The van der Waals surface area contributed by atoms with E-state index in [-0.39, 0.29) is 29.3 Å². The molecule has 1 aromatic heterocycles. The van der Waals surface area contributed by atoms with E-state index in [1.165, 1.54) is 6.92 Å². The fraction of sp³-hybridized carbons (Fsp3) is 0.594. The summed E-state index contributed by atoms with van der Waals surface area (Å²) in [6.45, 7) is 13.5. The molecule has 0 radical (unpaired) electrons. The number of nitrogens with zero attached hydrogens (tertiary/aromatic N) is 3. The van der Waals surface area contributed by atoms with Crippen molar-refractivity contribution in [3.63, 3.8) is 0 Å². The van der Waals surface area contributed by atoms with Gasteiger partial charge in [0.2, 0.25) is 5.88 Å². The van der Waals surface area contributed by atoms with E-state index in [1.54, 1.807) is 31.2 Å². The van der Waals surface area contributed by atoms with Gasteiger partial charge in [-0.2, -0.15) is 5.11 Å². The number of H-pyrrole nitrogens is 1. The maximum absolute atomic E-state index is 13.9. The van der Waals surface area contributed by atoms with Crippen LogP contribution in [0.2, 0.25) is 0 Å². The molecule has 0 spiro atoms. The average molecular weight is 569 g/mol. The van der Waals surface area contributed by atoms with Crippen LogP contribution in [0.5, 0.6) is 5.88 Å². The van der Waals surface area contributed by atoms with Crippen molar-refractivity contribution in [2.45, 2.75) is 92.9 Å². The van der Waals surface area contributed by atoms with Gasteiger partial charge in [0.15, 0.2) is 0 Å². The Bertz CT molecular complexity index is 1210. The van der Waals surface area contributed by atoms with E-state index in [9.17, 15) is 19.5 Å². The molecule has 2 N–H and O–H groups in total. The predicted octanol–water partition coefficient (Wildman–Crippen LogP) is 7.86. The number of amides is 1. The van der Waals surface area contributed by atoms with Crippen LogP contribution in [0.1, 0.15) is 112 Å². The van der Waals surface area contributed by atoms with Gasteiger partial charge < -0.3 is 14.7 Å². The molecule has 2 atom stereocenters. The number of aromatic hydroxyl groups is 1. The number of pyridine rings is 1. The summed E-state index contributed by atoms with van der Waals surface area (Å²) in [7, 11) is 0. The molecular formula is C32H48N4O5. The fourth-order valence-corrected chi connectivity index (χ4v) is 4.96. The Kier molecular flexibility index (Phi) is 14.3. The van der Waals surface area contributed by atoms with Crippen molar-refractivity contribution in [3.05, 3.63) is 51.3 Å². The van der Waals surface area contributed by atoms with Crippen LogP contribution in [0, 0.1) is 18.8 Å². The Hall–Kier alpha value is -3.49. The first-order chi connectivity index (χ1) is 19.7. The van der Waals surface area contributed by atoms with E-state index in [1.807, 2.05) is 4.90 Å². The minimum Gasteiger partial charge on any atom is -0.493 e. The van der Waals surface area contributed by atoms with Gasteiger partial charge in [0.1, 0.15) is 11.3 Å². The van der Waals surface area contributed by atoms with Gasteiger partial charge in [0.05, 0.1) is 12.3 Å². The van der Waals surface area contributed by atoms with Crippen LogP contribution in [0.3, 0.4) is 0 Å². The summed E-state index contributed by atoms with van der Waals surface area (Å²) < 4.78 is 4.97. The zero-order chi connectivity index (χ0) is 30.4. The molecule has 2 aromatic rings. The van der Waals surface area contributed by atoms with E-state index >= 15 is 0 Å². The van der Waals surface area contributed by atoms with Gasteiger partial charge in [0, 0.05) is 24.2 Å². The molecule has 41 heavy (non-hydrogen) atoms. The zero-order valence-corrected chi connectivity index (χ0v) is 25.7. The minimum atomic E-state index is -0.802. The van der Waals surface area contributed by atoms with Crippen LogP contribution >= 0.6 is 0 Å². The summed E-state index contributed by atoms with van der Waals surface area (Å²) in [5.41, 5.74) is 0.0389. The number of rotatable bonds is 17. The van der Waals surface area contributed by atoms with E-state index in [0.29, 0.717) is 23.1 Å². The molecule has 0 aliphatic carbocycles. The van der Waals surface area contributed by atoms with Crippen LogP contribution in [0.15, 0.2) is 39.3 Å². The van der Waals surface area contributed by atoms with Crippen LogP contribution < -0.4 is 5.56 Å². The van der Waals surface area contributed by atoms with Crippen LogP contribution in [-0.2, 0) is 4.74 Å². The molecule has 1 aromatic carbocycles. The Morgan fingerprint density at radius 1 is 0.976 bits per heavy atom. The highest BCUT2D eigenvalue weighted by atomic mass is 16.5. The number of carbonyl (C=O) groups is 2. The van der Waals surface area contributed by atoms with Gasteiger partial charge in [0.25, 0.3) is 11.5 Å². The monoisotopic (exact) mass is 568 g/mol. The van der Waals surface area contributed by atoms with Gasteiger partial charge in [-0.05, 0) is 56.7 Å². The number of hydrogen-bond acceptors (Lipinski definition) is 7. The van der Waals surface area contributed by atoms with Crippen LogP contribution in [0.25, 0.3) is 0 Å². The first-order valence-electron chi connectivity index (χ1n) is 15.1. The third-order valence-corrected chi connectivity index (χ3v) is 7.58. The normalized spacial score (nSPS) is 12.8. The molecule has 0 saturated carbocycles. The summed E-state index contributed by atoms with van der Waals surface area (Å²) in [6, 6.07) is 6.94. The van der Waals surface area contributed by atoms with E-state index in [0.717, 1.165) is 64.5 Å². The molecule has 0 aliphatic rings. The number of aromatic nitrogens is 1.